The topological polar surface area (TPSA) is 87.7 Å². The molecule has 4 rings (SSSR count). The third-order valence-corrected chi connectivity index (χ3v) is 4.88. The Hall–Kier alpha value is -2.32. The SMILES string of the molecule is Cc1ccnc2c1ccn2C1OC(C(O)c2cccc(F)c2)C(O)C1O. The summed E-state index contributed by atoms with van der Waals surface area (Å²) in [6.07, 6.45) is -2.50. The van der Waals surface area contributed by atoms with Gasteiger partial charge in [-0.1, -0.05) is 12.1 Å². The Kier molecular flexibility index (Phi) is 4.24. The molecule has 136 valence electrons. The van der Waals surface area contributed by atoms with Gasteiger partial charge in [-0.15, -0.1) is 0 Å². The van der Waals surface area contributed by atoms with E-state index in [0.29, 0.717) is 5.65 Å². The van der Waals surface area contributed by atoms with Crippen LogP contribution in [0.4, 0.5) is 4.39 Å². The number of pyridine rings is 1. The number of nitrogens with zero attached hydrogens (tertiary/aromatic N) is 2. The number of hydrogen-bond acceptors (Lipinski definition) is 5. The summed E-state index contributed by atoms with van der Waals surface area (Å²) >= 11 is 0. The zero-order valence-electron chi connectivity index (χ0n) is 14.0. The number of aliphatic hydroxyl groups is 3. The van der Waals surface area contributed by atoms with Crippen LogP contribution >= 0.6 is 0 Å². The minimum absolute atomic E-state index is 0.272. The highest BCUT2D eigenvalue weighted by Gasteiger charge is 2.47. The predicted molar refractivity (Wildman–Crippen MR) is 91.8 cm³/mol. The van der Waals surface area contributed by atoms with Gasteiger partial charge in [0, 0.05) is 17.8 Å². The van der Waals surface area contributed by atoms with Crippen molar-refractivity contribution in [3.8, 4) is 0 Å². The largest absolute Gasteiger partial charge is 0.387 e. The smallest absolute Gasteiger partial charge is 0.164 e. The van der Waals surface area contributed by atoms with Crippen molar-refractivity contribution in [2.45, 2.75) is 37.6 Å². The molecule has 1 fully saturated rings. The van der Waals surface area contributed by atoms with E-state index in [0.717, 1.165) is 10.9 Å². The fraction of sp³-hybridized carbons (Fsp3) is 0.316. The van der Waals surface area contributed by atoms with E-state index in [1.807, 2.05) is 19.1 Å². The van der Waals surface area contributed by atoms with Crippen LogP contribution < -0.4 is 0 Å². The monoisotopic (exact) mass is 358 g/mol. The maximum atomic E-state index is 13.4. The Morgan fingerprint density at radius 2 is 2.00 bits per heavy atom. The van der Waals surface area contributed by atoms with Crippen molar-refractivity contribution >= 4 is 11.0 Å². The average Bonchev–Trinajstić information content (AvgIpc) is 3.18. The van der Waals surface area contributed by atoms with Gasteiger partial charge in [-0.3, -0.25) is 0 Å². The van der Waals surface area contributed by atoms with Gasteiger partial charge in [0.2, 0.25) is 0 Å². The lowest BCUT2D eigenvalue weighted by Gasteiger charge is -2.21. The normalized spacial score (nSPS) is 27.1. The second-order valence-electron chi connectivity index (χ2n) is 6.56. The van der Waals surface area contributed by atoms with Crippen molar-refractivity contribution < 1.29 is 24.4 Å². The van der Waals surface area contributed by atoms with Gasteiger partial charge in [-0.05, 0) is 42.3 Å². The average molecular weight is 358 g/mol. The molecule has 0 amide bonds. The number of fused-ring (bicyclic) bond motifs is 1. The maximum absolute atomic E-state index is 13.4. The van der Waals surface area contributed by atoms with Gasteiger partial charge in [0.1, 0.15) is 35.9 Å². The van der Waals surface area contributed by atoms with Gasteiger partial charge < -0.3 is 24.6 Å². The summed E-state index contributed by atoms with van der Waals surface area (Å²) in [6.45, 7) is 1.95. The summed E-state index contributed by atoms with van der Waals surface area (Å²) in [5, 5.41) is 32.3. The van der Waals surface area contributed by atoms with Crippen LogP contribution in [0.5, 0.6) is 0 Å². The van der Waals surface area contributed by atoms with Crippen molar-refractivity contribution in [3.05, 3.63) is 65.7 Å². The fourth-order valence-electron chi connectivity index (χ4n) is 3.45. The first-order chi connectivity index (χ1) is 12.5. The lowest BCUT2D eigenvalue weighted by atomic mass is 9.99. The Morgan fingerprint density at radius 1 is 1.19 bits per heavy atom. The van der Waals surface area contributed by atoms with E-state index >= 15 is 0 Å². The summed E-state index contributed by atoms with van der Waals surface area (Å²) in [6, 6.07) is 9.19. The Morgan fingerprint density at radius 3 is 2.77 bits per heavy atom. The van der Waals surface area contributed by atoms with E-state index in [9.17, 15) is 19.7 Å². The van der Waals surface area contributed by atoms with Gasteiger partial charge >= 0.3 is 0 Å². The highest BCUT2D eigenvalue weighted by Crippen LogP contribution is 2.37. The summed E-state index contributed by atoms with van der Waals surface area (Å²) in [5.41, 5.74) is 1.91. The molecule has 3 N–H and O–H groups in total. The van der Waals surface area contributed by atoms with E-state index < -0.39 is 36.5 Å². The zero-order valence-corrected chi connectivity index (χ0v) is 14.0. The molecule has 6 nitrogen and oxygen atoms in total. The molecule has 1 aliphatic heterocycles. The molecule has 5 unspecified atom stereocenters. The van der Waals surface area contributed by atoms with Crippen LogP contribution in [0, 0.1) is 12.7 Å². The quantitative estimate of drug-likeness (QED) is 0.665. The summed E-state index contributed by atoms with van der Waals surface area (Å²) in [7, 11) is 0. The summed E-state index contributed by atoms with van der Waals surface area (Å²) in [4.78, 5) is 4.32. The van der Waals surface area contributed by atoms with Crippen LogP contribution in [0.3, 0.4) is 0 Å². The number of hydrogen-bond donors (Lipinski definition) is 3. The molecule has 1 aromatic carbocycles. The molecule has 0 radical (unpaired) electrons. The van der Waals surface area contributed by atoms with Crippen LogP contribution in [0.15, 0.2) is 48.8 Å². The number of aryl methyl sites for hydroxylation is 1. The second kappa shape index (κ2) is 6.44. The van der Waals surface area contributed by atoms with Gasteiger partial charge in [0.25, 0.3) is 0 Å². The van der Waals surface area contributed by atoms with Gasteiger partial charge in [0.15, 0.2) is 6.23 Å². The minimum Gasteiger partial charge on any atom is -0.387 e. The number of aliphatic hydroxyl groups excluding tert-OH is 3. The van der Waals surface area contributed by atoms with E-state index in [1.165, 1.54) is 18.2 Å². The summed E-state index contributed by atoms with van der Waals surface area (Å²) < 4.78 is 20.8. The van der Waals surface area contributed by atoms with E-state index in [-0.39, 0.29) is 5.56 Å². The lowest BCUT2D eigenvalue weighted by molar-refractivity contribution is -0.0848. The molecular weight excluding hydrogens is 339 g/mol. The van der Waals surface area contributed by atoms with Crippen molar-refractivity contribution in [2.24, 2.45) is 0 Å². The Balaban J connectivity index is 1.66. The van der Waals surface area contributed by atoms with Crippen molar-refractivity contribution in [3.63, 3.8) is 0 Å². The van der Waals surface area contributed by atoms with Crippen LogP contribution in [0.2, 0.25) is 0 Å². The van der Waals surface area contributed by atoms with E-state index in [2.05, 4.69) is 4.98 Å². The molecular formula is C19H19FN2O4. The van der Waals surface area contributed by atoms with Gasteiger partial charge in [-0.25, -0.2) is 9.37 Å². The maximum Gasteiger partial charge on any atom is 0.164 e. The molecule has 5 atom stereocenters. The third-order valence-electron chi connectivity index (χ3n) is 4.88. The Labute approximate surface area is 149 Å². The molecule has 1 saturated heterocycles. The summed E-state index contributed by atoms with van der Waals surface area (Å²) in [5.74, 6) is -0.498. The molecule has 0 saturated carbocycles. The first-order valence-corrected chi connectivity index (χ1v) is 8.34. The molecule has 3 heterocycles. The number of halogens is 1. The lowest BCUT2D eigenvalue weighted by Crippen LogP contribution is -2.34. The second-order valence-corrected chi connectivity index (χ2v) is 6.56. The molecule has 3 aromatic rings. The predicted octanol–water partition coefficient (Wildman–Crippen LogP) is 1.84. The van der Waals surface area contributed by atoms with Crippen molar-refractivity contribution in [2.75, 3.05) is 0 Å². The number of rotatable bonds is 3. The van der Waals surface area contributed by atoms with E-state index in [4.69, 9.17) is 4.74 Å². The highest BCUT2D eigenvalue weighted by atomic mass is 19.1. The standard InChI is InChI=1S/C19H19FN2O4/c1-10-5-7-21-18-13(10)6-8-22(18)19-16(25)15(24)17(26-19)14(23)11-3-2-4-12(20)9-11/h2-9,14-17,19,23-25H,1H3. The molecule has 26 heavy (non-hydrogen) atoms. The van der Waals surface area contributed by atoms with Gasteiger partial charge in [0.05, 0.1) is 0 Å². The van der Waals surface area contributed by atoms with Crippen molar-refractivity contribution in [1.82, 2.24) is 9.55 Å². The molecule has 7 heteroatoms. The van der Waals surface area contributed by atoms with E-state index in [1.54, 1.807) is 23.0 Å². The highest BCUT2D eigenvalue weighted by molar-refractivity contribution is 5.79. The van der Waals surface area contributed by atoms with Crippen molar-refractivity contribution in [1.29, 1.82) is 0 Å². The first-order valence-electron chi connectivity index (χ1n) is 8.34. The first kappa shape index (κ1) is 17.1. The number of aromatic nitrogens is 2. The number of ether oxygens (including phenoxy) is 1. The zero-order chi connectivity index (χ0) is 18.4. The molecule has 0 bridgehead atoms. The third kappa shape index (κ3) is 2.69. The van der Waals surface area contributed by atoms with Crippen LogP contribution in [0.25, 0.3) is 11.0 Å². The molecule has 0 spiro atoms. The molecule has 0 aliphatic carbocycles. The molecule has 2 aromatic heterocycles. The number of benzene rings is 1. The van der Waals surface area contributed by atoms with Crippen LogP contribution in [0.1, 0.15) is 23.5 Å². The Bertz CT molecular complexity index is 944. The van der Waals surface area contributed by atoms with Crippen LogP contribution in [-0.2, 0) is 4.74 Å². The minimum atomic E-state index is -1.33. The van der Waals surface area contributed by atoms with Crippen LogP contribution in [-0.4, -0.2) is 43.2 Å². The van der Waals surface area contributed by atoms with Gasteiger partial charge in [-0.2, -0.15) is 0 Å². The fourth-order valence-corrected chi connectivity index (χ4v) is 3.45. The molecule has 1 aliphatic rings.